The first-order valence-electron chi connectivity index (χ1n) is 7.11. The number of benzene rings is 1. The summed E-state index contributed by atoms with van der Waals surface area (Å²) in [7, 11) is 0. The fourth-order valence-corrected chi connectivity index (χ4v) is 2.09. The van der Waals surface area contributed by atoms with Gasteiger partial charge in [-0.1, -0.05) is 13.3 Å². The summed E-state index contributed by atoms with van der Waals surface area (Å²) in [5.74, 6) is -0.324. The molecule has 1 amide bonds. The number of nitrogens with zero attached hydrogens (tertiary/aromatic N) is 2. The second-order valence-corrected chi connectivity index (χ2v) is 5.06. The number of alkyl halides is 3. The first kappa shape index (κ1) is 17.0. The van der Waals surface area contributed by atoms with Crippen LogP contribution in [0.25, 0.3) is 5.69 Å². The Bertz CT molecular complexity index is 664. The Morgan fingerprint density at radius 3 is 2.52 bits per heavy atom. The quantitative estimate of drug-likeness (QED) is 0.887. The van der Waals surface area contributed by atoms with Crippen LogP contribution >= 0.6 is 0 Å². The van der Waals surface area contributed by atoms with Crippen molar-refractivity contribution in [2.24, 2.45) is 5.73 Å². The number of anilines is 1. The van der Waals surface area contributed by atoms with Crippen molar-refractivity contribution in [3.63, 3.8) is 0 Å². The minimum atomic E-state index is -4.49. The third-order valence-electron chi connectivity index (χ3n) is 3.25. The Kier molecular flexibility index (Phi) is 5.05. The minimum absolute atomic E-state index is 0.248. The second kappa shape index (κ2) is 6.82. The maximum absolute atomic E-state index is 12.8. The molecule has 1 unspecified atom stereocenters. The second-order valence-electron chi connectivity index (χ2n) is 5.06. The summed E-state index contributed by atoms with van der Waals surface area (Å²) in [6.45, 7) is 1.92. The standard InChI is InChI=1S/C15H17F3N4O/c1-2-3-12(19)14(23)21-10-4-6-11(7-5-10)22-13(8-9-20-22)15(16,17)18/h4-9,12H,2-3,19H2,1H3,(H,21,23). The maximum atomic E-state index is 12.8. The SMILES string of the molecule is CCCC(N)C(=O)Nc1ccc(-n2nccc2C(F)(F)F)cc1. The molecular weight excluding hydrogens is 309 g/mol. The first-order valence-corrected chi connectivity index (χ1v) is 7.11. The van der Waals surface area contributed by atoms with E-state index in [1.165, 1.54) is 24.3 Å². The molecule has 0 spiro atoms. The molecule has 124 valence electrons. The predicted octanol–water partition coefficient (Wildman–Crippen LogP) is 2.96. The van der Waals surface area contributed by atoms with Crippen molar-refractivity contribution >= 4 is 11.6 Å². The summed E-state index contributed by atoms with van der Waals surface area (Å²) in [5.41, 5.74) is 5.55. The van der Waals surface area contributed by atoms with E-state index in [4.69, 9.17) is 5.73 Å². The first-order chi connectivity index (χ1) is 10.8. The number of hydrogen-bond acceptors (Lipinski definition) is 3. The van der Waals surface area contributed by atoms with Crippen LogP contribution in [0, 0.1) is 0 Å². The van der Waals surface area contributed by atoms with Crippen LogP contribution in [0.2, 0.25) is 0 Å². The molecule has 3 N–H and O–H groups in total. The molecule has 0 aliphatic carbocycles. The van der Waals surface area contributed by atoms with E-state index in [0.29, 0.717) is 12.1 Å². The highest BCUT2D eigenvalue weighted by Gasteiger charge is 2.35. The molecule has 0 fully saturated rings. The Morgan fingerprint density at radius 2 is 1.96 bits per heavy atom. The molecule has 8 heteroatoms. The van der Waals surface area contributed by atoms with Crippen LogP contribution in [0.5, 0.6) is 0 Å². The molecule has 0 aliphatic heterocycles. The molecule has 1 heterocycles. The van der Waals surface area contributed by atoms with E-state index >= 15 is 0 Å². The third kappa shape index (κ3) is 4.10. The number of hydrogen-bond donors (Lipinski definition) is 2. The van der Waals surface area contributed by atoms with E-state index < -0.39 is 17.9 Å². The van der Waals surface area contributed by atoms with Crippen molar-refractivity contribution in [3.8, 4) is 5.69 Å². The number of carbonyl (C=O) groups excluding carboxylic acids is 1. The number of halogens is 3. The highest BCUT2D eigenvalue weighted by molar-refractivity contribution is 5.94. The number of amides is 1. The smallest absolute Gasteiger partial charge is 0.325 e. The summed E-state index contributed by atoms with van der Waals surface area (Å²) in [6, 6.07) is 6.20. The zero-order chi connectivity index (χ0) is 17.0. The Labute approximate surface area is 131 Å². The highest BCUT2D eigenvalue weighted by Crippen LogP contribution is 2.30. The maximum Gasteiger partial charge on any atom is 0.433 e. The Hall–Kier alpha value is -2.35. The van der Waals surface area contributed by atoms with Gasteiger partial charge in [-0.25, -0.2) is 4.68 Å². The molecule has 0 aliphatic rings. The van der Waals surface area contributed by atoms with E-state index in [2.05, 4.69) is 10.4 Å². The zero-order valence-corrected chi connectivity index (χ0v) is 12.5. The van der Waals surface area contributed by atoms with Gasteiger partial charge in [0.25, 0.3) is 0 Å². The van der Waals surface area contributed by atoms with Crippen molar-refractivity contribution in [1.82, 2.24) is 9.78 Å². The number of carbonyl (C=O) groups is 1. The Balaban J connectivity index is 2.15. The largest absolute Gasteiger partial charge is 0.433 e. The van der Waals surface area contributed by atoms with E-state index in [-0.39, 0.29) is 11.6 Å². The lowest BCUT2D eigenvalue weighted by Crippen LogP contribution is -2.35. The van der Waals surface area contributed by atoms with Gasteiger partial charge in [-0.15, -0.1) is 0 Å². The van der Waals surface area contributed by atoms with Gasteiger partial charge in [-0.2, -0.15) is 18.3 Å². The van der Waals surface area contributed by atoms with Gasteiger partial charge in [0.1, 0.15) is 5.69 Å². The molecule has 2 aromatic rings. The summed E-state index contributed by atoms with van der Waals surface area (Å²) in [5, 5.41) is 6.31. The molecule has 0 saturated heterocycles. The topological polar surface area (TPSA) is 72.9 Å². The minimum Gasteiger partial charge on any atom is -0.325 e. The van der Waals surface area contributed by atoms with Gasteiger partial charge in [-0.3, -0.25) is 4.79 Å². The summed E-state index contributed by atoms with van der Waals surface area (Å²) < 4.78 is 39.3. The van der Waals surface area contributed by atoms with E-state index in [0.717, 1.165) is 23.4 Å². The van der Waals surface area contributed by atoms with Crippen LogP contribution in [0.1, 0.15) is 25.5 Å². The van der Waals surface area contributed by atoms with Crippen LogP contribution in [0.3, 0.4) is 0 Å². The van der Waals surface area contributed by atoms with Gasteiger partial charge in [-0.05, 0) is 36.8 Å². The molecule has 0 radical (unpaired) electrons. The van der Waals surface area contributed by atoms with Crippen LogP contribution in [-0.4, -0.2) is 21.7 Å². The van der Waals surface area contributed by atoms with E-state index in [1.807, 2.05) is 6.92 Å². The molecule has 23 heavy (non-hydrogen) atoms. The lowest BCUT2D eigenvalue weighted by molar-refractivity contribution is -0.142. The van der Waals surface area contributed by atoms with Crippen molar-refractivity contribution in [2.75, 3.05) is 5.32 Å². The molecule has 0 bridgehead atoms. The van der Waals surface area contributed by atoms with Gasteiger partial charge in [0.05, 0.1) is 17.9 Å². The molecule has 0 saturated carbocycles. The fourth-order valence-electron chi connectivity index (χ4n) is 2.09. The fraction of sp³-hybridized carbons (Fsp3) is 0.333. The molecule has 1 aromatic carbocycles. The monoisotopic (exact) mass is 326 g/mol. The molecule has 1 aromatic heterocycles. The number of rotatable bonds is 5. The molecule has 5 nitrogen and oxygen atoms in total. The van der Waals surface area contributed by atoms with Crippen LogP contribution in [0.15, 0.2) is 36.5 Å². The predicted molar refractivity (Wildman–Crippen MR) is 80.1 cm³/mol. The van der Waals surface area contributed by atoms with Crippen LogP contribution in [0.4, 0.5) is 18.9 Å². The lowest BCUT2D eigenvalue weighted by atomic mass is 10.1. The summed E-state index contributed by atoms with van der Waals surface area (Å²) in [6.07, 6.45) is -2.06. The van der Waals surface area contributed by atoms with Gasteiger partial charge in [0.15, 0.2) is 0 Å². The van der Waals surface area contributed by atoms with Gasteiger partial charge < -0.3 is 11.1 Å². The average Bonchev–Trinajstić information content (AvgIpc) is 2.98. The van der Waals surface area contributed by atoms with Crippen molar-refractivity contribution in [3.05, 3.63) is 42.2 Å². The average molecular weight is 326 g/mol. The van der Waals surface area contributed by atoms with Crippen LogP contribution < -0.4 is 11.1 Å². The van der Waals surface area contributed by atoms with Crippen molar-refractivity contribution in [2.45, 2.75) is 32.0 Å². The summed E-state index contributed by atoms with van der Waals surface area (Å²) in [4.78, 5) is 11.8. The number of nitrogens with one attached hydrogen (secondary N) is 1. The van der Waals surface area contributed by atoms with E-state index in [1.54, 1.807) is 0 Å². The normalized spacial score (nSPS) is 12.9. The van der Waals surface area contributed by atoms with Crippen molar-refractivity contribution < 1.29 is 18.0 Å². The molecule has 1 atom stereocenters. The number of nitrogens with two attached hydrogens (primary N) is 1. The van der Waals surface area contributed by atoms with Gasteiger partial charge in [0.2, 0.25) is 5.91 Å². The molecular formula is C15H17F3N4O. The van der Waals surface area contributed by atoms with Crippen molar-refractivity contribution in [1.29, 1.82) is 0 Å². The lowest BCUT2D eigenvalue weighted by Gasteiger charge is -2.13. The summed E-state index contributed by atoms with van der Waals surface area (Å²) >= 11 is 0. The highest BCUT2D eigenvalue weighted by atomic mass is 19.4. The zero-order valence-electron chi connectivity index (χ0n) is 12.5. The van der Waals surface area contributed by atoms with Crippen LogP contribution in [-0.2, 0) is 11.0 Å². The van der Waals surface area contributed by atoms with Gasteiger partial charge >= 0.3 is 6.18 Å². The van der Waals surface area contributed by atoms with Gasteiger partial charge in [0, 0.05) is 5.69 Å². The van der Waals surface area contributed by atoms with E-state index in [9.17, 15) is 18.0 Å². The number of aromatic nitrogens is 2. The third-order valence-corrected chi connectivity index (χ3v) is 3.25. The molecule has 2 rings (SSSR count). The Morgan fingerprint density at radius 1 is 1.30 bits per heavy atom.